The molecule has 4 N–H and O–H groups in total. The molecule has 7 atom stereocenters. The molecule has 6 aliphatic rings. The number of aromatic nitrogens is 3. The van der Waals surface area contributed by atoms with Crippen molar-refractivity contribution in [1.29, 1.82) is 0 Å². The number of ether oxygens (including phenoxy) is 5. The lowest BCUT2D eigenvalue weighted by Gasteiger charge is -2.62. The number of hydrogen-bond acceptors (Lipinski definition) is 13. The number of hydrogen-bond donors (Lipinski definition) is 3. The van der Waals surface area contributed by atoms with Crippen molar-refractivity contribution in [3.8, 4) is 17.2 Å². The van der Waals surface area contributed by atoms with E-state index in [4.69, 9.17) is 29.4 Å². The van der Waals surface area contributed by atoms with Crippen LogP contribution in [0.25, 0.3) is 6.08 Å². The van der Waals surface area contributed by atoms with Gasteiger partial charge in [-0.3, -0.25) is 9.59 Å². The number of fused-ring (bicyclic) bond motifs is 2. The maximum Gasteiger partial charge on any atom is 0.333 e. The molecule has 1 spiro atoms. The van der Waals surface area contributed by atoms with Crippen LogP contribution in [0, 0.1) is 17.8 Å². The van der Waals surface area contributed by atoms with Crippen molar-refractivity contribution >= 4 is 29.6 Å². The minimum absolute atomic E-state index is 0.0100. The fourth-order valence-electron chi connectivity index (χ4n) is 10.3. The molecule has 0 radical (unpaired) electrons. The summed E-state index contributed by atoms with van der Waals surface area (Å²) in [6, 6.07) is -0.818. The molecule has 59 heavy (non-hydrogen) atoms. The largest absolute Gasteiger partial charge is 0.491 e. The molecule has 3 aliphatic heterocycles. The van der Waals surface area contributed by atoms with Crippen LogP contribution in [0.2, 0.25) is 0 Å². The zero-order valence-electron chi connectivity index (χ0n) is 35.8. The van der Waals surface area contributed by atoms with Gasteiger partial charge in [-0.15, -0.1) is 5.10 Å². The number of anilines is 1. The number of carbonyl (C=O) groups excluding carboxylic acids is 3. The Kier molecular flexibility index (Phi) is 11.2. The predicted octanol–water partition coefficient (Wildman–Crippen LogP) is 5.69. The van der Waals surface area contributed by atoms with E-state index >= 15 is 9.59 Å². The number of rotatable bonds is 15. The molecule has 4 bridgehead atoms. The van der Waals surface area contributed by atoms with Crippen molar-refractivity contribution in [3.63, 3.8) is 0 Å². The fourth-order valence-corrected chi connectivity index (χ4v) is 10.3. The van der Waals surface area contributed by atoms with Gasteiger partial charge in [-0.05, 0) is 93.2 Å². The Morgan fingerprint density at radius 2 is 1.81 bits per heavy atom. The molecule has 14 heteroatoms. The van der Waals surface area contributed by atoms with Gasteiger partial charge in [0.25, 0.3) is 0 Å². The van der Waals surface area contributed by atoms with E-state index < -0.39 is 52.2 Å². The number of nitrogens with one attached hydrogen (secondary N) is 1. The second kappa shape index (κ2) is 15.7. The van der Waals surface area contributed by atoms with Crippen LogP contribution in [-0.2, 0) is 25.5 Å². The first kappa shape index (κ1) is 42.3. The highest BCUT2D eigenvalue weighted by Crippen LogP contribution is 2.72. The maximum atomic E-state index is 16.1. The minimum Gasteiger partial charge on any atom is -0.491 e. The molecule has 14 nitrogen and oxygen atoms in total. The second-order valence-electron chi connectivity index (χ2n) is 17.8. The molecular weight excluding hydrogens is 755 g/mol. The number of aliphatic hydroxyl groups is 1. The molecule has 3 saturated carbocycles. The number of benzene rings is 1. The van der Waals surface area contributed by atoms with Crippen LogP contribution in [0.4, 0.5) is 5.95 Å². The van der Waals surface area contributed by atoms with E-state index in [0.29, 0.717) is 60.6 Å². The van der Waals surface area contributed by atoms with Gasteiger partial charge >= 0.3 is 5.97 Å². The summed E-state index contributed by atoms with van der Waals surface area (Å²) in [5, 5.41) is 17.1. The van der Waals surface area contributed by atoms with Gasteiger partial charge in [0.2, 0.25) is 5.95 Å². The number of Topliss-reactive ketones (excluding diaryl/α,β-unsaturated/α-hetero) is 2. The van der Waals surface area contributed by atoms with E-state index in [1.807, 2.05) is 46.8 Å². The van der Waals surface area contributed by atoms with Crippen LogP contribution >= 0.6 is 0 Å². The van der Waals surface area contributed by atoms with Gasteiger partial charge in [0.1, 0.15) is 41.3 Å². The van der Waals surface area contributed by atoms with Crippen molar-refractivity contribution in [3.05, 3.63) is 64.0 Å². The van der Waals surface area contributed by atoms with E-state index in [-0.39, 0.29) is 48.5 Å². The van der Waals surface area contributed by atoms with Crippen LogP contribution in [0.5, 0.6) is 17.2 Å². The Bertz CT molecular complexity index is 2160. The zero-order chi connectivity index (χ0) is 42.7. The van der Waals surface area contributed by atoms with Crippen molar-refractivity contribution in [2.24, 2.45) is 17.8 Å². The van der Waals surface area contributed by atoms with E-state index in [2.05, 4.69) is 41.4 Å². The van der Waals surface area contributed by atoms with Crippen molar-refractivity contribution in [1.82, 2.24) is 20.1 Å². The molecular formula is C45H59N5O9. The normalized spacial score (nSPS) is 29.5. The Morgan fingerprint density at radius 1 is 1.07 bits per heavy atom. The third-order valence-electron chi connectivity index (χ3n) is 12.9. The molecule has 1 aromatic heterocycles. The second-order valence-corrected chi connectivity index (χ2v) is 17.8. The standard InChI is InChI=1S/C45H59N5O9/c1-25(2)11-10-16-43(8)17-15-29-36(57-43)28(13-12-26(3)4)38-32(37(29)56-22-20-47-19-21-51)35(52)33-34(50-24-48-41(46)49-50)30-23-31-42(6,7)59-44(39(30)53,45(31,33)58-38)18-14-27(5)40(54)55-9/h11-12,14-15,17,24,30-31,33-34,47,51H,10,13,16,18-23H2,1-9H3,(H2,46,49)/b27-14-. The first-order chi connectivity index (χ1) is 27.9. The highest BCUT2D eigenvalue weighted by molar-refractivity contribution is 6.10. The molecule has 4 fully saturated rings. The summed E-state index contributed by atoms with van der Waals surface area (Å²) >= 11 is 0. The molecule has 318 valence electrons. The number of nitrogens with two attached hydrogens (primary N) is 1. The van der Waals surface area contributed by atoms with Crippen molar-refractivity contribution in [2.75, 3.05) is 39.1 Å². The maximum absolute atomic E-state index is 16.1. The average Bonchev–Trinajstić information content (AvgIpc) is 3.67. The SMILES string of the molecule is COC(=O)/C(C)=C\CC12OC(C)(C)C3CC(C1=O)C(n1cnc(N)n1)C1C(=O)c4c(OCCNCCO)c5c(c(CC=C(C)C)c4OC132)OC(C)(CCC=C(C)C)C=C5. The summed E-state index contributed by atoms with van der Waals surface area (Å²) in [5.74, 6) is -2.08. The molecule has 7 unspecified atom stereocenters. The molecule has 1 aromatic carbocycles. The lowest BCUT2D eigenvalue weighted by Crippen LogP contribution is -2.78. The highest BCUT2D eigenvalue weighted by Gasteiger charge is 2.86. The van der Waals surface area contributed by atoms with Gasteiger partial charge in [0, 0.05) is 42.5 Å². The van der Waals surface area contributed by atoms with Crippen LogP contribution in [-0.4, -0.2) is 93.2 Å². The first-order valence-electron chi connectivity index (χ1n) is 20.7. The molecule has 2 aromatic rings. The predicted molar refractivity (Wildman–Crippen MR) is 221 cm³/mol. The van der Waals surface area contributed by atoms with E-state index in [1.165, 1.54) is 19.0 Å². The minimum atomic E-state index is -1.68. The number of methoxy groups -OCH3 is 1. The monoisotopic (exact) mass is 813 g/mol. The average molecular weight is 814 g/mol. The van der Waals surface area contributed by atoms with Crippen LogP contribution in [0.3, 0.4) is 0 Å². The number of aliphatic hydroxyl groups excluding tert-OH is 1. The Labute approximate surface area is 346 Å². The number of nitrogen functional groups attached to an aromatic ring is 1. The molecule has 0 amide bonds. The summed E-state index contributed by atoms with van der Waals surface area (Å²) in [7, 11) is 1.31. The summed E-state index contributed by atoms with van der Waals surface area (Å²) < 4.78 is 35.0. The number of carbonyl (C=O) groups is 3. The van der Waals surface area contributed by atoms with Gasteiger partial charge in [-0.1, -0.05) is 29.4 Å². The Hall–Kier alpha value is -4.79. The molecule has 1 saturated heterocycles. The Morgan fingerprint density at radius 3 is 2.47 bits per heavy atom. The molecule has 8 rings (SSSR count). The summed E-state index contributed by atoms with van der Waals surface area (Å²) in [6.45, 7) is 16.6. The topological polar surface area (TPSA) is 186 Å². The first-order valence-corrected chi connectivity index (χ1v) is 20.7. The van der Waals surface area contributed by atoms with E-state index in [0.717, 1.165) is 12.0 Å². The Balaban J connectivity index is 1.52. The zero-order valence-corrected chi connectivity index (χ0v) is 35.8. The number of ketones is 2. The lowest BCUT2D eigenvalue weighted by molar-refractivity contribution is -0.209. The van der Waals surface area contributed by atoms with Gasteiger partial charge in [0.05, 0.1) is 36.8 Å². The quantitative estimate of drug-likeness (QED) is 0.0863. The van der Waals surface area contributed by atoms with Gasteiger partial charge in [-0.2, -0.15) is 0 Å². The van der Waals surface area contributed by atoms with Gasteiger partial charge < -0.3 is 39.8 Å². The van der Waals surface area contributed by atoms with E-state index in [9.17, 15) is 9.90 Å². The van der Waals surface area contributed by atoms with Crippen LogP contribution < -0.4 is 25.3 Å². The van der Waals surface area contributed by atoms with Crippen molar-refractivity contribution < 1.29 is 43.2 Å². The van der Waals surface area contributed by atoms with Crippen LogP contribution in [0.1, 0.15) is 109 Å². The van der Waals surface area contributed by atoms with Gasteiger partial charge in [-0.25, -0.2) is 14.5 Å². The number of allylic oxidation sites excluding steroid dienone is 4. The summed E-state index contributed by atoms with van der Waals surface area (Å²) in [4.78, 5) is 48.5. The van der Waals surface area contributed by atoms with Gasteiger partial charge in [0.15, 0.2) is 22.8 Å². The van der Waals surface area contributed by atoms with Crippen molar-refractivity contribution in [2.45, 2.75) is 116 Å². The highest BCUT2D eigenvalue weighted by atomic mass is 16.6. The summed E-state index contributed by atoms with van der Waals surface area (Å²) in [6.07, 6.45) is 13.6. The lowest BCUT2D eigenvalue weighted by atomic mass is 9.45. The fraction of sp³-hybridized carbons (Fsp3) is 0.578. The third-order valence-corrected chi connectivity index (χ3v) is 12.9. The molecule has 4 heterocycles. The van der Waals surface area contributed by atoms with Crippen LogP contribution in [0.15, 0.2) is 47.4 Å². The number of nitrogens with zero attached hydrogens (tertiary/aromatic N) is 3. The third kappa shape index (κ3) is 6.90. The number of esters is 1. The van der Waals surface area contributed by atoms with E-state index in [1.54, 1.807) is 17.7 Å². The molecule has 3 aliphatic carbocycles. The smallest absolute Gasteiger partial charge is 0.333 e. The summed E-state index contributed by atoms with van der Waals surface area (Å²) in [5.41, 5.74) is 5.32.